The number of aromatic nitrogens is 2. The highest BCUT2D eigenvalue weighted by Gasteiger charge is 2.05. The molecule has 0 aliphatic heterocycles. The Labute approximate surface area is 101 Å². The fourth-order valence-electron chi connectivity index (χ4n) is 1.39. The van der Waals surface area contributed by atoms with Gasteiger partial charge in [-0.25, -0.2) is 4.68 Å². The molecule has 0 atom stereocenters. The van der Waals surface area contributed by atoms with E-state index in [1.807, 2.05) is 31.2 Å². The van der Waals surface area contributed by atoms with Crippen molar-refractivity contribution in [3.63, 3.8) is 0 Å². The highest BCUT2D eigenvalue weighted by atomic mass is 127. The van der Waals surface area contributed by atoms with Crippen molar-refractivity contribution in [1.82, 2.24) is 9.78 Å². The summed E-state index contributed by atoms with van der Waals surface area (Å²) in [4.78, 5) is 10.8. The van der Waals surface area contributed by atoms with Gasteiger partial charge in [-0.2, -0.15) is 5.10 Å². The van der Waals surface area contributed by atoms with Crippen molar-refractivity contribution in [2.45, 2.75) is 6.92 Å². The Hall–Kier alpha value is -1.17. The summed E-state index contributed by atoms with van der Waals surface area (Å²) < 4.78 is 2.81. The predicted octanol–water partition coefficient (Wildman–Crippen LogP) is 2.60. The molecular formula is C11H9IN2O. The molecule has 0 saturated heterocycles. The topological polar surface area (TPSA) is 34.9 Å². The molecule has 1 aromatic heterocycles. The van der Waals surface area contributed by atoms with Crippen LogP contribution in [-0.4, -0.2) is 16.1 Å². The third-order valence-electron chi connectivity index (χ3n) is 2.05. The Kier molecular flexibility index (Phi) is 2.86. The molecule has 76 valence electrons. The van der Waals surface area contributed by atoms with Crippen molar-refractivity contribution in [1.29, 1.82) is 0 Å². The zero-order valence-corrected chi connectivity index (χ0v) is 10.3. The number of hydrogen-bond acceptors (Lipinski definition) is 2. The molecule has 1 heterocycles. The molecule has 15 heavy (non-hydrogen) atoms. The van der Waals surface area contributed by atoms with Gasteiger partial charge in [0, 0.05) is 3.57 Å². The average molecular weight is 312 g/mol. The molecule has 0 aliphatic carbocycles. The lowest BCUT2D eigenvalue weighted by atomic mass is 10.3. The normalized spacial score (nSPS) is 10.3. The van der Waals surface area contributed by atoms with Gasteiger partial charge >= 0.3 is 0 Å². The van der Waals surface area contributed by atoms with Gasteiger partial charge in [0.2, 0.25) is 0 Å². The van der Waals surface area contributed by atoms with E-state index < -0.39 is 0 Å². The van der Waals surface area contributed by atoms with Gasteiger partial charge in [-0.1, -0.05) is 0 Å². The Morgan fingerprint density at radius 2 is 2.00 bits per heavy atom. The van der Waals surface area contributed by atoms with Crippen molar-refractivity contribution in [2.75, 3.05) is 0 Å². The molecular weight excluding hydrogens is 303 g/mol. The lowest BCUT2D eigenvalue weighted by Gasteiger charge is -2.02. The van der Waals surface area contributed by atoms with Crippen molar-refractivity contribution in [3.05, 3.63) is 45.3 Å². The summed E-state index contributed by atoms with van der Waals surface area (Å²) in [6, 6.07) is 9.64. The maximum absolute atomic E-state index is 10.8. The van der Waals surface area contributed by atoms with E-state index >= 15 is 0 Å². The number of aldehydes is 1. The van der Waals surface area contributed by atoms with Crippen LogP contribution < -0.4 is 0 Å². The largest absolute Gasteiger partial charge is 0.296 e. The Morgan fingerprint density at radius 1 is 1.33 bits per heavy atom. The number of hydrogen-bond donors (Lipinski definition) is 0. The minimum absolute atomic E-state index is 0.578. The number of halogens is 1. The van der Waals surface area contributed by atoms with Gasteiger partial charge in [0.25, 0.3) is 0 Å². The van der Waals surface area contributed by atoms with Gasteiger partial charge in [0.05, 0.1) is 11.4 Å². The fraction of sp³-hybridized carbons (Fsp3) is 0.0909. The summed E-state index contributed by atoms with van der Waals surface area (Å²) in [5.74, 6) is 0. The molecule has 1 aromatic carbocycles. The summed E-state index contributed by atoms with van der Waals surface area (Å²) in [7, 11) is 0. The Morgan fingerprint density at radius 3 is 2.60 bits per heavy atom. The highest BCUT2D eigenvalue weighted by molar-refractivity contribution is 14.1. The summed E-state index contributed by atoms with van der Waals surface area (Å²) in [5, 5.41) is 4.26. The third kappa shape index (κ3) is 2.09. The van der Waals surface area contributed by atoms with Gasteiger partial charge in [-0.05, 0) is 59.8 Å². The lowest BCUT2D eigenvalue weighted by Crippen LogP contribution is -2.00. The smallest absolute Gasteiger partial charge is 0.168 e. The van der Waals surface area contributed by atoms with Crippen LogP contribution in [0.5, 0.6) is 0 Å². The maximum Gasteiger partial charge on any atom is 0.168 e. The van der Waals surface area contributed by atoms with E-state index in [-0.39, 0.29) is 0 Å². The molecule has 0 bridgehead atoms. The minimum Gasteiger partial charge on any atom is -0.296 e. The summed E-state index contributed by atoms with van der Waals surface area (Å²) in [6.45, 7) is 1.87. The van der Waals surface area contributed by atoms with Crippen LogP contribution in [0.3, 0.4) is 0 Å². The zero-order valence-electron chi connectivity index (χ0n) is 8.14. The second-order valence-electron chi connectivity index (χ2n) is 3.22. The van der Waals surface area contributed by atoms with Gasteiger partial charge < -0.3 is 0 Å². The lowest BCUT2D eigenvalue weighted by molar-refractivity contribution is 0.111. The SMILES string of the molecule is Cc1cc(C=O)n(-c2ccc(I)cc2)n1. The van der Waals surface area contributed by atoms with E-state index in [1.54, 1.807) is 10.7 Å². The fourth-order valence-corrected chi connectivity index (χ4v) is 1.75. The first-order valence-electron chi connectivity index (χ1n) is 4.48. The van der Waals surface area contributed by atoms with E-state index in [1.165, 1.54) is 0 Å². The first-order valence-corrected chi connectivity index (χ1v) is 5.56. The summed E-state index contributed by atoms with van der Waals surface area (Å²) >= 11 is 2.24. The Bertz CT molecular complexity index is 488. The predicted molar refractivity (Wildman–Crippen MR) is 66.4 cm³/mol. The molecule has 2 rings (SSSR count). The van der Waals surface area contributed by atoms with Crippen LogP contribution in [0, 0.1) is 10.5 Å². The molecule has 0 N–H and O–H groups in total. The maximum atomic E-state index is 10.8. The van der Waals surface area contributed by atoms with Gasteiger partial charge in [-0.15, -0.1) is 0 Å². The molecule has 0 amide bonds. The minimum atomic E-state index is 0.578. The van der Waals surface area contributed by atoms with Gasteiger partial charge in [0.1, 0.15) is 5.69 Å². The van der Waals surface area contributed by atoms with Crippen LogP contribution in [0.2, 0.25) is 0 Å². The first-order chi connectivity index (χ1) is 7.20. The molecule has 4 heteroatoms. The van der Waals surface area contributed by atoms with Crippen LogP contribution in [0.25, 0.3) is 5.69 Å². The molecule has 2 aromatic rings. The van der Waals surface area contributed by atoms with Gasteiger partial charge in [-0.3, -0.25) is 4.79 Å². The number of nitrogens with zero attached hydrogens (tertiary/aromatic N) is 2. The quantitative estimate of drug-likeness (QED) is 0.631. The van der Waals surface area contributed by atoms with Crippen LogP contribution in [0.1, 0.15) is 16.2 Å². The standard InChI is InChI=1S/C11H9IN2O/c1-8-6-11(7-15)14(13-8)10-4-2-9(12)3-5-10/h2-7H,1H3. The molecule has 0 radical (unpaired) electrons. The zero-order chi connectivity index (χ0) is 10.8. The first kappa shape index (κ1) is 10.4. The van der Waals surface area contributed by atoms with E-state index in [0.29, 0.717) is 5.69 Å². The van der Waals surface area contributed by atoms with Crippen LogP contribution in [0.4, 0.5) is 0 Å². The van der Waals surface area contributed by atoms with E-state index in [9.17, 15) is 4.79 Å². The Balaban J connectivity index is 2.52. The van der Waals surface area contributed by atoms with E-state index in [4.69, 9.17) is 0 Å². The molecule has 0 unspecified atom stereocenters. The number of rotatable bonds is 2. The van der Waals surface area contributed by atoms with Crippen molar-refractivity contribution in [2.24, 2.45) is 0 Å². The summed E-state index contributed by atoms with van der Waals surface area (Å²) in [6.07, 6.45) is 0.817. The van der Waals surface area contributed by atoms with Crippen LogP contribution in [-0.2, 0) is 0 Å². The second-order valence-corrected chi connectivity index (χ2v) is 4.46. The monoisotopic (exact) mass is 312 g/mol. The number of aryl methyl sites for hydroxylation is 1. The molecule has 0 aliphatic rings. The van der Waals surface area contributed by atoms with Gasteiger partial charge in [0.15, 0.2) is 6.29 Å². The number of carbonyl (C=O) groups excluding carboxylic acids is 1. The highest BCUT2D eigenvalue weighted by Crippen LogP contribution is 2.13. The second kappa shape index (κ2) is 4.14. The molecule has 3 nitrogen and oxygen atoms in total. The average Bonchev–Trinajstić information content (AvgIpc) is 2.61. The molecule has 0 spiro atoms. The van der Waals surface area contributed by atoms with Crippen molar-refractivity contribution in [3.8, 4) is 5.69 Å². The molecule has 0 saturated carbocycles. The number of carbonyl (C=O) groups is 1. The van der Waals surface area contributed by atoms with E-state index in [2.05, 4.69) is 27.7 Å². The molecule has 0 fully saturated rings. The van der Waals surface area contributed by atoms with Crippen molar-refractivity contribution >= 4 is 28.9 Å². The van der Waals surface area contributed by atoms with Crippen LogP contribution >= 0.6 is 22.6 Å². The number of benzene rings is 1. The summed E-state index contributed by atoms with van der Waals surface area (Å²) in [5.41, 5.74) is 2.33. The van der Waals surface area contributed by atoms with Crippen LogP contribution in [0.15, 0.2) is 30.3 Å². The van der Waals surface area contributed by atoms with Crippen molar-refractivity contribution < 1.29 is 4.79 Å². The third-order valence-corrected chi connectivity index (χ3v) is 2.77. The van der Waals surface area contributed by atoms with E-state index in [0.717, 1.165) is 21.2 Å².